The molecular weight excluding hydrogens is 373 g/mol. The van der Waals surface area contributed by atoms with Crippen LogP contribution in [0.1, 0.15) is 24.3 Å². The maximum absolute atomic E-state index is 14.0. The quantitative estimate of drug-likeness (QED) is 0.571. The lowest BCUT2D eigenvalue weighted by molar-refractivity contribution is 0.0637. The van der Waals surface area contributed by atoms with Gasteiger partial charge in [-0.1, -0.05) is 35.5 Å². The highest BCUT2D eigenvalue weighted by molar-refractivity contribution is 5.54. The minimum Gasteiger partial charge on any atom is -0.496 e. The Kier molecular flexibility index (Phi) is 6.17. The van der Waals surface area contributed by atoms with Crippen molar-refractivity contribution in [2.45, 2.75) is 32.0 Å². The normalized spacial score (nSPS) is 16.4. The van der Waals surface area contributed by atoms with Gasteiger partial charge < -0.3 is 14.0 Å². The predicted molar refractivity (Wildman–Crippen MR) is 106 cm³/mol. The van der Waals surface area contributed by atoms with Gasteiger partial charge in [-0.15, -0.1) is 0 Å². The molecule has 2 aromatic carbocycles. The first kappa shape index (κ1) is 19.5. The highest BCUT2D eigenvalue weighted by Crippen LogP contribution is 2.24. The molecule has 1 aliphatic heterocycles. The molecule has 0 spiro atoms. The van der Waals surface area contributed by atoms with Crippen molar-refractivity contribution in [1.29, 1.82) is 0 Å². The summed E-state index contributed by atoms with van der Waals surface area (Å²) in [7, 11) is 1.67. The van der Waals surface area contributed by atoms with Gasteiger partial charge in [0.15, 0.2) is 0 Å². The van der Waals surface area contributed by atoms with Crippen LogP contribution >= 0.6 is 0 Å². The third-order valence-corrected chi connectivity index (χ3v) is 5.01. The van der Waals surface area contributed by atoms with Gasteiger partial charge in [0, 0.05) is 25.3 Å². The van der Waals surface area contributed by atoms with Crippen LogP contribution in [0.25, 0.3) is 11.4 Å². The number of ether oxygens (including phenoxy) is 2. The Balaban J connectivity index is 1.53. The molecule has 1 fully saturated rings. The van der Waals surface area contributed by atoms with Crippen LogP contribution in [-0.2, 0) is 17.8 Å². The molecule has 0 radical (unpaired) electrons. The molecule has 6 nitrogen and oxygen atoms in total. The molecule has 0 bridgehead atoms. The minimum atomic E-state index is -0.370. The third kappa shape index (κ3) is 4.81. The number of methoxy groups -OCH3 is 1. The van der Waals surface area contributed by atoms with E-state index in [1.807, 2.05) is 24.3 Å². The Morgan fingerprint density at radius 2 is 1.97 bits per heavy atom. The van der Waals surface area contributed by atoms with Gasteiger partial charge in [-0.2, -0.15) is 4.98 Å². The summed E-state index contributed by atoms with van der Waals surface area (Å²) in [6.07, 6.45) is 2.29. The van der Waals surface area contributed by atoms with E-state index in [4.69, 9.17) is 14.0 Å². The van der Waals surface area contributed by atoms with Crippen LogP contribution in [0.5, 0.6) is 5.75 Å². The zero-order valence-corrected chi connectivity index (χ0v) is 16.4. The van der Waals surface area contributed by atoms with Gasteiger partial charge in [-0.05, 0) is 31.0 Å². The number of para-hydroxylation sites is 1. The fourth-order valence-corrected chi connectivity index (χ4v) is 3.60. The largest absolute Gasteiger partial charge is 0.496 e. The van der Waals surface area contributed by atoms with Gasteiger partial charge in [0.05, 0.1) is 25.3 Å². The summed E-state index contributed by atoms with van der Waals surface area (Å²) in [5.74, 6) is 1.16. The molecule has 1 saturated heterocycles. The van der Waals surface area contributed by atoms with Crippen LogP contribution in [0.3, 0.4) is 0 Å². The second-order valence-electron chi connectivity index (χ2n) is 7.11. The maximum atomic E-state index is 14.0. The maximum Gasteiger partial charge on any atom is 0.241 e. The number of hydrogen-bond donors (Lipinski definition) is 0. The summed E-state index contributed by atoms with van der Waals surface area (Å²) in [5, 5.41) is 3.96. The van der Waals surface area contributed by atoms with E-state index in [0.717, 1.165) is 37.3 Å². The Morgan fingerprint density at radius 3 is 2.76 bits per heavy atom. The van der Waals surface area contributed by atoms with Crippen LogP contribution in [-0.4, -0.2) is 41.4 Å². The Morgan fingerprint density at radius 1 is 1.14 bits per heavy atom. The van der Waals surface area contributed by atoms with Crippen LogP contribution in [0.2, 0.25) is 0 Å². The topological polar surface area (TPSA) is 60.6 Å². The van der Waals surface area contributed by atoms with E-state index in [1.54, 1.807) is 25.3 Å². The molecule has 4 rings (SSSR count). The van der Waals surface area contributed by atoms with E-state index in [0.29, 0.717) is 24.5 Å². The average molecular weight is 397 g/mol. The van der Waals surface area contributed by atoms with Crippen molar-refractivity contribution in [3.63, 3.8) is 0 Å². The fraction of sp³-hybridized carbons (Fsp3) is 0.364. The molecule has 0 saturated carbocycles. The SMILES string of the molecule is COc1ccccc1CN(Cc1nc(-c2ccccc2F)no1)CC1CCCO1. The summed E-state index contributed by atoms with van der Waals surface area (Å²) in [4.78, 5) is 6.61. The number of benzene rings is 2. The van der Waals surface area contributed by atoms with Crippen LogP contribution in [0.4, 0.5) is 4.39 Å². The monoisotopic (exact) mass is 397 g/mol. The molecule has 1 unspecified atom stereocenters. The fourth-order valence-electron chi connectivity index (χ4n) is 3.60. The zero-order chi connectivity index (χ0) is 20.1. The van der Waals surface area contributed by atoms with Crippen molar-refractivity contribution in [3.05, 3.63) is 65.8 Å². The van der Waals surface area contributed by atoms with Crippen LogP contribution in [0.15, 0.2) is 53.1 Å². The van der Waals surface area contributed by atoms with Crippen molar-refractivity contribution < 1.29 is 18.4 Å². The van der Waals surface area contributed by atoms with Gasteiger partial charge in [0.2, 0.25) is 11.7 Å². The van der Waals surface area contributed by atoms with Gasteiger partial charge in [-0.25, -0.2) is 4.39 Å². The molecule has 0 amide bonds. The summed E-state index contributed by atoms with van der Waals surface area (Å²) >= 11 is 0. The smallest absolute Gasteiger partial charge is 0.241 e. The zero-order valence-electron chi connectivity index (χ0n) is 16.4. The van der Waals surface area contributed by atoms with E-state index in [9.17, 15) is 4.39 Å². The standard InChI is InChI=1S/C22H24FN3O3/c1-27-20-11-5-2-7-16(20)13-26(14-17-8-6-12-28-17)15-21-24-22(25-29-21)18-9-3-4-10-19(18)23/h2-5,7,9-11,17H,6,8,12-15H2,1H3. The summed E-state index contributed by atoms with van der Waals surface area (Å²) < 4.78 is 30.8. The molecule has 2 heterocycles. The van der Waals surface area contributed by atoms with Crippen LogP contribution in [0, 0.1) is 5.82 Å². The first-order valence-electron chi connectivity index (χ1n) is 9.76. The highest BCUT2D eigenvalue weighted by Gasteiger charge is 2.22. The van der Waals surface area contributed by atoms with Gasteiger partial charge in [-0.3, -0.25) is 4.90 Å². The van der Waals surface area contributed by atoms with Crippen molar-refractivity contribution in [1.82, 2.24) is 15.0 Å². The molecule has 1 atom stereocenters. The van der Waals surface area contributed by atoms with E-state index in [2.05, 4.69) is 15.0 Å². The van der Waals surface area contributed by atoms with E-state index in [-0.39, 0.29) is 17.7 Å². The van der Waals surface area contributed by atoms with Crippen molar-refractivity contribution in [2.75, 3.05) is 20.3 Å². The summed E-state index contributed by atoms with van der Waals surface area (Å²) in [6, 6.07) is 14.3. The third-order valence-electron chi connectivity index (χ3n) is 5.01. The van der Waals surface area contributed by atoms with Gasteiger partial charge in [0.1, 0.15) is 11.6 Å². The molecule has 3 aromatic rings. The van der Waals surface area contributed by atoms with E-state index in [1.165, 1.54) is 6.07 Å². The van der Waals surface area contributed by atoms with E-state index >= 15 is 0 Å². The molecule has 1 aliphatic rings. The van der Waals surface area contributed by atoms with Crippen molar-refractivity contribution in [3.8, 4) is 17.1 Å². The molecule has 1 aromatic heterocycles. The highest BCUT2D eigenvalue weighted by atomic mass is 19.1. The van der Waals surface area contributed by atoms with Crippen molar-refractivity contribution in [2.24, 2.45) is 0 Å². The average Bonchev–Trinajstić information content (AvgIpc) is 3.41. The first-order valence-corrected chi connectivity index (χ1v) is 9.76. The van der Waals surface area contributed by atoms with Crippen molar-refractivity contribution >= 4 is 0 Å². The number of rotatable bonds is 8. The number of hydrogen-bond acceptors (Lipinski definition) is 6. The summed E-state index contributed by atoms with van der Waals surface area (Å²) in [5.41, 5.74) is 1.40. The molecule has 152 valence electrons. The Bertz CT molecular complexity index is 940. The molecular formula is C22H24FN3O3. The summed E-state index contributed by atoms with van der Waals surface area (Å²) in [6.45, 7) is 2.64. The Hall–Kier alpha value is -2.77. The molecule has 0 N–H and O–H groups in total. The van der Waals surface area contributed by atoms with Gasteiger partial charge >= 0.3 is 0 Å². The number of nitrogens with zero attached hydrogens (tertiary/aromatic N) is 3. The lowest BCUT2D eigenvalue weighted by Gasteiger charge is -2.24. The van der Waals surface area contributed by atoms with E-state index < -0.39 is 0 Å². The second-order valence-corrected chi connectivity index (χ2v) is 7.11. The lowest BCUT2D eigenvalue weighted by Crippen LogP contribution is -2.31. The number of aromatic nitrogens is 2. The number of halogens is 1. The lowest BCUT2D eigenvalue weighted by atomic mass is 10.1. The molecule has 7 heteroatoms. The second kappa shape index (κ2) is 9.15. The first-order chi connectivity index (χ1) is 14.2. The predicted octanol–water partition coefficient (Wildman–Crippen LogP) is 4.07. The van der Waals surface area contributed by atoms with Gasteiger partial charge in [0.25, 0.3) is 0 Å². The Labute approximate surface area is 169 Å². The minimum absolute atomic E-state index is 0.179. The molecule has 29 heavy (non-hydrogen) atoms. The van der Waals surface area contributed by atoms with Crippen LogP contribution < -0.4 is 4.74 Å². The molecule has 0 aliphatic carbocycles.